The average Bonchev–Trinajstić information content (AvgIpc) is 2.95. The minimum absolute atomic E-state index is 0.0288. The zero-order valence-electron chi connectivity index (χ0n) is 23.5. The number of nitrogens with zero attached hydrogens (tertiary/aromatic N) is 3. The van der Waals surface area contributed by atoms with Crippen LogP contribution >= 0.6 is 0 Å². The van der Waals surface area contributed by atoms with Crippen molar-refractivity contribution < 1.29 is 9.53 Å². The van der Waals surface area contributed by atoms with Crippen molar-refractivity contribution in [1.82, 2.24) is 14.5 Å². The van der Waals surface area contributed by atoms with E-state index in [2.05, 4.69) is 13.8 Å². The van der Waals surface area contributed by atoms with Crippen molar-refractivity contribution >= 4 is 16.8 Å². The second-order valence-electron chi connectivity index (χ2n) is 10.1. The van der Waals surface area contributed by atoms with Gasteiger partial charge in [0.05, 0.1) is 29.2 Å². The molecule has 1 aromatic heterocycles. The van der Waals surface area contributed by atoms with Crippen LogP contribution in [0.15, 0.2) is 77.6 Å². The molecule has 0 spiro atoms. The van der Waals surface area contributed by atoms with E-state index in [9.17, 15) is 9.59 Å². The molecule has 0 saturated heterocycles. The first-order valence-electron chi connectivity index (χ1n) is 13.9. The minimum Gasteiger partial charge on any atom is -0.367 e. The number of aryl methyl sites for hydroxylation is 2. The van der Waals surface area contributed by atoms with Gasteiger partial charge in [-0.05, 0) is 67.6 Å². The average molecular weight is 526 g/mol. The Kier molecular flexibility index (Phi) is 9.66. The molecule has 1 heterocycles. The molecule has 3 aromatic carbocycles. The molecule has 4 rings (SSSR count). The predicted molar refractivity (Wildman–Crippen MR) is 157 cm³/mol. The molecule has 0 aliphatic carbocycles. The molecule has 1 atom stereocenters. The molecular formula is C33H39N3O3. The second kappa shape index (κ2) is 13.3. The monoisotopic (exact) mass is 525 g/mol. The van der Waals surface area contributed by atoms with Crippen LogP contribution in [0, 0.1) is 13.8 Å². The van der Waals surface area contributed by atoms with E-state index in [0.717, 1.165) is 41.6 Å². The smallest absolute Gasteiger partial charge is 0.266 e. The number of para-hydroxylation sites is 1. The topological polar surface area (TPSA) is 64.4 Å². The lowest BCUT2D eigenvalue weighted by atomic mass is 10.1. The maximum absolute atomic E-state index is 13.9. The maximum Gasteiger partial charge on any atom is 0.266 e. The molecule has 0 N–H and O–H groups in total. The van der Waals surface area contributed by atoms with Crippen LogP contribution in [-0.2, 0) is 16.1 Å². The van der Waals surface area contributed by atoms with Gasteiger partial charge in [0.2, 0.25) is 5.91 Å². The first-order valence-corrected chi connectivity index (χ1v) is 13.9. The molecule has 204 valence electrons. The summed E-state index contributed by atoms with van der Waals surface area (Å²) in [5.74, 6) is 0.486. The summed E-state index contributed by atoms with van der Waals surface area (Å²) in [5, 5.41) is 0.560. The minimum atomic E-state index is -0.381. The largest absolute Gasteiger partial charge is 0.367 e. The molecule has 0 aliphatic rings. The molecule has 0 bridgehead atoms. The van der Waals surface area contributed by atoms with Gasteiger partial charge in [0.15, 0.2) is 0 Å². The van der Waals surface area contributed by atoms with Crippen molar-refractivity contribution in [2.24, 2.45) is 0 Å². The van der Waals surface area contributed by atoms with Crippen LogP contribution in [0.2, 0.25) is 0 Å². The molecule has 6 nitrogen and oxygen atoms in total. The third kappa shape index (κ3) is 6.63. The highest BCUT2D eigenvalue weighted by Gasteiger charge is 2.29. The Morgan fingerprint density at radius 2 is 1.69 bits per heavy atom. The predicted octanol–water partition coefficient (Wildman–Crippen LogP) is 6.69. The number of ether oxygens (including phenoxy) is 1. The van der Waals surface area contributed by atoms with Gasteiger partial charge in [0.25, 0.3) is 5.56 Å². The van der Waals surface area contributed by atoms with Crippen LogP contribution < -0.4 is 5.56 Å². The summed E-state index contributed by atoms with van der Waals surface area (Å²) >= 11 is 0. The summed E-state index contributed by atoms with van der Waals surface area (Å²) in [5.41, 5.74) is 4.54. The normalized spacial score (nSPS) is 12.0. The zero-order chi connectivity index (χ0) is 27.8. The molecule has 39 heavy (non-hydrogen) atoms. The van der Waals surface area contributed by atoms with Crippen molar-refractivity contribution in [1.29, 1.82) is 0 Å². The number of carbonyl (C=O) groups is 1. The number of aromatic nitrogens is 2. The highest BCUT2D eigenvalue weighted by atomic mass is 16.5. The van der Waals surface area contributed by atoms with E-state index >= 15 is 0 Å². The molecule has 1 amide bonds. The number of benzene rings is 3. The maximum atomic E-state index is 13.9. The number of hydrogen-bond acceptors (Lipinski definition) is 4. The Bertz CT molecular complexity index is 1460. The van der Waals surface area contributed by atoms with Gasteiger partial charge in [-0.25, -0.2) is 4.98 Å². The van der Waals surface area contributed by atoms with Crippen molar-refractivity contribution in [3.05, 3.63) is 106 Å². The number of hydrogen-bond donors (Lipinski definition) is 0. The van der Waals surface area contributed by atoms with Crippen LogP contribution in [0.1, 0.15) is 68.1 Å². The van der Waals surface area contributed by atoms with E-state index in [1.54, 1.807) is 4.57 Å². The summed E-state index contributed by atoms with van der Waals surface area (Å²) in [4.78, 5) is 34.5. The lowest BCUT2D eigenvalue weighted by Crippen LogP contribution is -2.41. The van der Waals surface area contributed by atoms with Crippen LogP contribution in [0.5, 0.6) is 0 Å². The molecule has 0 fully saturated rings. The summed E-state index contributed by atoms with van der Waals surface area (Å²) < 4.78 is 7.56. The van der Waals surface area contributed by atoms with E-state index in [-0.39, 0.29) is 24.1 Å². The van der Waals surface area contributed by atoms with Crippen LogP contribution in [0.25, 0.3) is 16.6 Å². The SMILES string of the molecule is CCCCCN(C(=O)COCc1ccccc1)C(CC)c1nc2ccccc2c(=O)n1-c1ccc(C)c(C)c1. The summed E-state index contributed by atoms with van der Waals surface area (Å²) in [6.45, 7) is 9.21. The Morgan fingerprint density at radius 1 is 0.949 bits per heavy atom. The molecule has 0 saturated carbocycles. The van der Waals surface area contributed by atoms with Crippen LogP contribution in [0.4, 0.5) is 0 Å². The van der Waals surface area contributed by atoms with E-state index in [1.807, 2.05) is 91.5 Å². The first kappa shape index (κ1) is 28.2. The van der Waals surface area contributed by atoms with Crippen molar-refractivity contribution in [3.8, 4) is 5.69 Å². The van der Waals surface area contributed by atoms with E-state index < -0.39 is 0 Å². The third-order valence-corrected chi connectivity index (χ3v) is 7.27. The number of amides is 1. The quantitative estimate of drug-likeness (QED) is 0.193. The third-order valence-electron chi connectivity index (χ3n) is 7.27. The fourth-order valence-corrected chi connectivity index (χ4v) is 4.93. The van der Waals surface area contributed by atoms with E-state index in [0.29, 0.717) is 36.3 Å². The van der Waals surface area contributed by atoms with Crippen LogP contribution in [-0.4, -0.2) is 33.5 Å². The highest BCUT2D eigenvalue weighted by Crippen LogP contribution is 2.27. The summed E-state index contributed by atoms with van der Waals surface area (Å²) in [7, 11) is 0. The van der Waals surface area contributed by atoms with Gasteiger partial charge in [0.1, 0.15) is 12.4 Å². The van der Waals surface area contributed by atoms with Crippen molar-refractivity contribution in [2.75, 3.05) is 13.2 Å². The molecule has 0 aliphatic heterocycles. The van der Waals surface area contributed by atoms with Gasteiger partial charge >= 0.3 is 0 Å². The lowest BCUT2D eigenvalue weighted by Gasteiger charge is -2.32. The zero-order valence-corrected chi connectivity index (χ0v) is 23.5. The first-order chi connectivity index (χ1) is 18.9. The Hall–Kier alpha value is -3.77. The van der Waals surface area contributed by atoms with Gasteiger partial charge in [-0.1, -0.05) is 75.2 Å². The molecular weight excluding hydrogens is 486 g/mol. The van der Waals surface area contributed by atoms with E-state index in [1.165, 1.54) is 0 Å². The van der Waals surface area contributed by atoms with Gasteiger partial charge in [0, 0.05) is 6.54 Å². The summed E-state index contributed by atoms with van der Waals surface area (Å²) in [6, 6.07) is 22.9. The van der Waals surface area contributed by atoms with Crippen molar-refractivity contribution in [2.45, 2.75) is 66.0 Å². The Morgan fingerprint density at radius 3 is 2.41 bits per heavy atom. The number of unbranched alkanes of at least 4 members (excludes halogenated alkanes) is 2. The molecule has 1 unspecified atom stereocenters. The number of rotatable bonds is 12. The van der Waals surface area contributed by atoms with Crippen molar-refractivity contribution in [3.63, 3.8) is 0 Å². The Labute approximate surface area is 231 Å². The second-order valence-corrected chi connectivity index (χ2v) is 10.1. The summed E-state index contributed by atoms with van der Waals surface area (Å²) in [6.07, 6.45) is 3.55. The fourth-order valence-electron chi connectivity index (χ4n) is 4.93. The van der Waals surface area contributed by atoms with Gasteiger partial charge in [-0.15, -0.1) is 0 Å². The Balaban J connectivity index is 1.76. The fraction of sp³-hybridized carbons (Fsp3) is 0.364. The lowest BCUT2D eigenvalue weighted by molar-refractivity contribution is -0.139. The van der Waals surface area contributed by atoms with Gasteiger partial charge in [-0.3, -0.25) is 14.2 Å². The highest BCUT2D eigenvalue weighted by molar-refractivity contribution is 5.79. The number of carbonyl (C=O) groups excluding carboxylic acids is 1. The standard InChI is InChI=1S/C33H39N3O3/c1-5-7-13-20-35(31(37)23-39-22-26-14-9-8-10-15-26)30(6-2)32-34-29-17-12-11-16-28(29)33(38)36(32)27-19-18-24(3)25(4)21-27/h8-12,14-19,21,30H,5-7,13,20,22-23H2,1-4H3. The van der Waals surface area contributed by atoms with Crippen LogP contribution in [0.3, 0.4) is 0 Å². The molecule has 4 aromatic rings. The number of fused-ring (bicyclic) bond motifs is 1. The van der Waals surface area contributed by atoms with Gasteiger partial charge in [-0.2, -0.15) is 0 Å². The molecule has 0 radical (unpaired) electrons. The van der Waals surface area contributed by atoms with Gasteiger partial charge < -0.3 is 9.64 Å². The van der Waals surface area contributed by atoms with E-state index in [4.69, 9.17) is 9.72 Å². The molecule has 6 heteroatoms.